The van der Waals surface area contributed by atoms with E-state index in [9.17, 15) is 0 Å². The average Bonchev–Trinajstić information content (AvgIpc) is 2.53. The fourth-order valence-electron chi connectivity index (χ4n) is 3.25. The van der Waals surface area contributed by atoms with E-state index in [2.05, 4.69) is 21.6 Å². The zero-order valence-corrected chi connectivity index (χ0v) is 11.8. The Morgan fingerprint density at radius 3 is 2.80 bits per heavy atom. The minimum atomic E-state index is 0.664. The van der Waals surface area contributed by atoms with Crippen molar-refractivity contribution in [3.63, 3.8) is 0 Å². The highest BCUT2D eigenvalue weighted by molar-refractivity contribution is 5.90. The molecule has 0 saturated heterocycles. The smallest absolute Gasteiger partial charge is 0.0950 e. The second-order valence-corrected chi connectivity index (χ2v) is 5.70. The predicted molar refractivity (Wildman–Crippen MR) is 82.5 cm³/mol. The van der Waals surface area contributed by atoms with E-state index in [-0.39, 0.29) is 0 Å². The Labute approximate surface area is 119 Å². The molecule has 20 heavy (non-hydrogen) atoms. The van der Waals surface area contributed by atoms with Crippen LogP contribution in [0.1, 0.15) is 25.7 Å². The standard InChI is InChI=1S/C16H22N4/c17-9-12-5-1-2-6-13(12)10-18-16-11-19-20-15-8-4-3-7-14(15)16/h3-4,7-8,11-13H,1-2,5-6,9-10,17H2,(H,18,20). The highest BCUT2D eigenvalue weighted by Gasteiger charge is 2.23. The molecule has 3 rings (SSSR count). The first kappa shape index (κ1) is 13.3. The van der Waals surface area contributed by atoms with Crippen LogP contribution in [0.25, 0.3) is 10.9 Å². The lowest BCUT2D eigenvalue weighted by Gasteiger charge is -2.31. The fraction of sp³-hybridized carbons (Fsp3) is 0.500. The predicted octanol–water partition coefficient (Wildman–Crippen LogP) is 2.81. The van der Waals surface area contributed by atoms with Crippen LogP contribution in [-0.2, 0) is 0 Å². The van der Waals surface area contributed by atoms with E-state index in [1.807, 2.05) is 24.4 Å². The molecule has 0 amide bonds. The van der Waals surface area contributed by atoms with Crippen LogP contribution in [0.3, 0.4) is 0 Å². The zero-order chi connectivity index (χ0) is 13.8. The topological polar surface area (TPSA) is 63.8 Å². The maximum atomic E-state index is 5.90. The Kier molecular flexibility index (Phi) is 4.11. The van der Waals surface area contributed by atoms with Gasteiger partial charge in [0.25, 0.3) is 0 Å². The molecule has 106 valence electrons. The molecule has 2 unspecified atom stereocenters. The number of fused-ring (bicyclic) bond motifs is 1. The van der Waals surface area contributed by atoms with E-state index in [0.29, 0.717) is 11.8 Å². The molecule has 0 radical (unpaired) electrons. The van der Waals surface area contributed by atoms with Crippen LogP contribution in [0, 0.1) is 11.8 Å². The van der Waals surface area contributed by atoms with Crippen LogP contribution in [0.5, 0.6) is 0 Å². The van der Waals surface area contributed by atoms with Crippen molar-refractivity contribution in [3.05, 3.63) is 30.5 Å². The summed E-state index contributed by atoms with van der Waals surface area (Å²) in [7, 11) is 0. The van der Waals surface area contributed by atoms with Gasteiger partial charge in [0.2, 0.25) is 0 Å². The first-order valence-corrected chi connectivity index (χ1v) is 7.53. The van der Waals surface area contributed by atoms with Crippen LogP contribution in [0.4, 0.5) is 5.69 Å². The molecule has 0 bridgehead atoms. The molecule has 1 heterocycles. The number of nitrogens with zero attached hydrogens (tertiary/aromatic N) is 2. The third-order valence-electron chi connectivity index (χ3n) is 4.47. The van der Waals surface area contributed by atoms with E-state index in [1.54, 1.807) is 0 Å². The van der Waals surface area contributed by atoms with Crippen molar-refractivity contribution in [2.24, 2.45) is 17.6 Å². The Balaban J connectivity index is 1.73. The molecule has 4 heteroatoms. The quantitative estimate of drug-likeness (QED) is 0.896. The van der Waals surface area contributed by atoms with Crippen molar-refractivity contribution in [3.8, 4) is 0 Å². The molecule has 2 atom stereocenters. The van der Waals surface area contributed by atoms with E-state index >= 15 is 0 Å². The largest absolute Gasteiger partial charge is 0.383 e. The van der Waals surface area contributed by atoms with Crippen LogP contribution in [0.15, 0.2) is 30.5 Å². The summed E-state index contributed by atoms with van der Waals surface area (Å²) in [5.41, 5.74) is 7.92. The molecule has 0 aliphatic heterocycles. The van der Waals surface area contributed by atoms with Crippen LogP contribution in [0.2, 0.25) is 0 Å². The van der Waals surface area contributed by atoms with Gasteiger partial charge in [-0.2, -0.15) is 10.2 Å². The molecule has 2 aromatic rings. The molecule has 4 nitrogen and oxygen atoms in total. The zero-order valence-electron chi connectivity index (χ0n) is 11.8. The van der Waals surface area contributed by atoms with Gasteiger partial charge in [0.1, 0.15) is 0 Å². The van der Waals surface area contributed by atoms with Gasteiger partial charge < -0.3 is 11.1 Å². The molecular weight excluding hydrogens is 248 g/mol. The highest BCUT2D eigenvalue weighted by atomic mass is 15.1. The van der Waals surface area contributed by atoms with Crippen LogP contribution in [-0.4, -0.2) is 23.3 Å². The Morgan fingerprint density at radius 1 is 1.15 bits per heavy atom. The van der Waals surface area contributed by atoms with Gasteiger partial charge in [0.15, 0.2) is 0 Å². The number of aromatic nitrogens is 2. The van der Waals surface area contributed by atoms with Gasteiger partial charge in [-0.15, -0.1) is 0 Å². The molecule has 0 spiro atoms. The number of nitrogens with one attached hydrogen (secondary N) is 1. The van der Waals surface area contributed by atoms with Crippen molar-refractivity contribution in [1.29, 1.82) is 0 Å². The molecule has 1 aromatic heterocycles. The summed E-state index contributed by atoms with van der Waals surface area (Å²) in [6, 6.07) is 8.12. The van der Waals surface area contributed by atoms with E-state index < -0.39 is 0 Å². The second-order valence-electron chi connectivity index (χ2n) is 5.70. The molecule has 3 N–H and O–H groups in total. The Morgan fingerprint density at radius 2 is 1.95 bits per heavy atom. The summed E-state index contributed by atoms with van der Waals surface area (Å²) in [4.78, 5) is 0. The molecule has 1 aromatic carbocycles. The summed E-state index contributed by atoms with van der Waals surface area (Å²) < 4.78 is 0. The number of nitrogens with two attached hydrogens (primary N) is 1. The van der Waals surface area contributed by atoms with Gasteiger partial charge >= 0.3 is 0 Å². The fourth-order valence-corrected chi connectivity index (χ4v) is 3.25. The number of hydrogen-bond acceptors (Lipinski definition) is 4. The van der Waals surface area contributed by atoms with Crippen molar-refractivity contribution < 1.29 is 0 Å². The summed E-state index contributed by atoms with van der Waals surface area (Å²) in [6.45, 7) is 1.79. The maximum Gasteiger partial charge on any atom is 0.0950 e. The van der Waals surface area contributed by atoms with Crippen molar-refractivity contribution in [2.45, 2.75) is 25.7 Å². The maximum absolute atomic E-state index is 5.90. The SMILES string of the molecule is NCC1CCCCC1CNc1cnnc2ccccc12. The minimum Gasteiger partial charge on any atom is -0.383 e. The van der Waals surface area contributed by atoms with Crippen molar-refractivity contribution >= 4 is 16.6 Å². The lowest BCUT2D eigenvalue weighted by molar-refractivity contribution is 0.255. The lowest BCUT2D eigenvalue weighted by atomic mass is 9.79. The highest BCUT2D eigenvalue weighted by Crippen LogP contribution is 2.30. The summed E-state index contributed by atoms with van der Waals surface area (Å²) in [6.07, 6.45) is 7.04. The number of benzene rings is 1. The first-order valence-electron chi connectivity index (χ1n) is 7.53. The van der Waals surface area contributed by atoms with E-state index in [4.69, 9.17) is 5.73 Å². The molecule has 1 aliphatic rings. The third-order valence-corrected chi connectivity index (χ3v) is 4.47. The van der Waals surface area contributed by atoms with Gasteiger partial charge in [-0.05, 0) is 37.3 Å². The molecule has 1 fully saturated rings. The number of hydrogen-bond donors (Lipinski definition) is 2. The monoisotopic (exact) mass is 270 g/mol. The second kappa shape index (κ2) is 6.18. The van der Waals surface area contributed by atoms with Crippen LogP contribution < -0.4 is 11.1 Å². The van der Waals surface area contributed by atoms with Gasteiger partial charge in [-0.3, -0.25) is 0 Å². The molecule has 1 aliphatic carbocycles. The summed E-state index contributed by atoms with van der Waals surface area (Å²) in [5.74, 6) is 1.35. The lowest BCUT2D eigenvalue weighted by Crippen LogP contribution is -2.31. The normalized spacial score (nSPS) is 22.9. The summed E-state index contributed by atoms with van der Waals surface area (Å²) in [5, 5.41) is 12.9. The van der Waals surface area contributed by atoms with Gasteiger partial charge in [-0.1, -0.05) is 31.0 Å². The summed E-state index contributed by atoms with van der Waals surface area (Å²) >= 11 is 0. The van der Waals surface area contributed by atoms with Crippen LogP contribution >= 0.6 is 0 Å². The average molecular weight is 270 g/mol. The van der Waals surface area contributed by atoms with Crippen molar-refractivity contribution in [2.75, 3.05) is 18.4 Å². The first-order chi connectivity index (χ1) is 9.88. The van der Waals surface area contributed by atoms with Crippen molar-refractivity contribution in [1.82, 2.24) is 10.2 Å². The van der Waals surface area contributed by atoms with Gasteiger partial charge in [0, 0.05) is 11.9 Å². The molecular formula is C16H22N4. The number of rotatable bonds is 4. The van der Waals surface area contributed by atoms with E-state index in [0.717, 1.165) is 29.7 Å². The Bertz CT molecular complexity index is 564. The third kappa shape index (κ3) is 2.75. The van der Waals surface area contributed by atoms with Gasteiger partial charge in [-0.25, -0.2) is 0 Å². The number of anilines is 1. The van der Waals surface area contributed by atoms with E-state index in [1.165, 1.54) is 25.7 Å². The minimum absolute atomic E-state index is 0.664. The Hall–Kier alpha value is -1.68. The van der Waals surface area contributed by atoms with Gasteiger partial charge in [0.05, 0.1) is 17.4 Å². The molecule has 1 saturated carbocycles.